The van der Waals surface area contributed by atoms with Gasteiger partial charge >= 0.3 is 5.97 Å². The minimum absolute atomic E-state index is 0.513. The molecule has 1 rings (SSSR count). The Morgan fingerprint density at radius 3 is 2.35 bits per heavy atom. The number of benzene rings is 1. The van der Waals surface area contributed by atoms with Crippen LogP contribution in [0.2, 0.25) is 0 Å². The molecule has 94 valence electrons. The van der Waals surface area contributed by atoms with E-state index >= 15 is 0 Å². The highest BCUT2D eigenvalue weighted by Gasteiger charge is 2.33. The van der Waals surface area contributed by atoms with Gasteiger partial charge in [-0.25, -0.2) is 8.78 Å². The van der Waals surface area contributed by atoms with E-state index in [1.165, 1.54) is 0 Å². The van der Waals surface area contributed by atoms with Crippen molar-refractivity contribution >= 4 is 5.97 Å². The molecule has 0 atom stereocenters. The van der Waals surface area contributed by atoms with E-state index in [0.29, 0.717) is 5.56 Å². The lowest BCUT2D eigenvalue weighted by Crippen LogP contribution is -2.24. The molecule has 0 saturated heterocycles. The maximum atomic E-state index is 13.4. The van der Waals surface area contributed by atoms with Crippen LogP contribution < -0.4 is 0 Å². The van der Waals surface area contributed by atoms with Crippen LogP contribution in [0.4, 0.5) is 8.78 Å². The zero-order valence-corrected chi connectivity index (χ0v) is 10.2. The number of alkyl halides is 2. The number of aryl methyl sites for hydroxylation is 1. The van der Waals surface area contributed by atoms with Gasteiger partial charge in [0.05, 0.1) is 0 Å². The standard InChI is InChI=1S/C13H16F2O2/c1-8-4-5-11(10(3)9(8)2)6-13(14,15)7-12(16)17/h4-5H,6-7H2,1-3H3,(H,16,17). The van der Waals surface area contributed by atoms with Gasteiger partial charge in [0.1, 0.15) is 6.42 Å². The summed E-state index contributed by atoms with van der Waals surface area (Å²) < 4.78 is 26.8. The second-order valence-electron chi connectivity index (χ2n) is 4.39. The third kappa shape index (κ3) is 3.51. The largest absolute Gasteiger partial charge is 0.481 e. The Morgan fingerprint density at radius 1 is 1.24 bits per heavy atom. The molecule has 1 aromatic carbocycles. The summed E-state index contributed by atoms with van der Waals surface area (Å²) in [7, 11) is 0. The molecule has 0 heterocycles. The van der Waals surface area contributed by atoms with Gasteiger partial charge < -0.3 is 5.11 Å². The van der Waals surface area contributed by atoms with E-state index in [2.05, 4.69) is 0 Å². The Balaban J connectivity index is 2.96. The molecular weight excluding hydrogens is 226 g/mol. The van der Waals surface area contributed by atoms with Gasteiger partial charge in [-0.2, -0.15) is 0 Å². The van der Waals surface area contributed by atoms with Crippen molar-refractivity contribution in [2.75, 3.05) is 0 Å². The second-order valence-corrected chi connectivity index (χ2v) is 4.39. The molecule has 0 amide bonds. The quantitative estimate of drug-likeness (QED) is 0.879. The first kappa shape index (κ1) is 13.6. The molecule has 0 fully saturated rings. The van der Waals surface area contributed by atoms with Crippen LogP contribution >= 0.6 is 0 Å². The summed E-state index contributed by atoms with van der Waals surface area (Å²) in [6.45, 7) is 5.58. The van der Waals surface area contributed by atoms with Crippen LogP contribution in [0.5, 0.6) is 0 Å². The van der Waals surface area contributed by atoms with Crippen LogP contribution in [0, 0.1) is 20.8 Å². The summed E-state index contributed by atoms with van der Waals surface area (Å²) in [5, 5.41) is 8.42. The molecule has 0 aliphatic rings. The van der Waals surface area contributed by atoms with E-state index in [0.717, 1.165) is 16.7 Å². The lowest BCUT2D eigenvalue weighted by Gasteiger charge is -2.17. The van der Waals surface area contributed by atoms with Crippen LogP contribution in [-0.2, 0) is 11.2 Å². The van der Waals surface area contributed by atoms with Crippen LogP contribution in [0.15, 0.2) is 12.1 Å². The highest BCUT2D eigenvalue weighted by atomic mass is 19.3. The molecule has 0 spiro atoms. The highest BCUT2D eigenvalue weighted by molar-refractivity contribution is 5.67. The van der Waals surface area contributed by atoms with Crippen LogP contribution in [0.3, 0.4) is 0 Å². The fourth-order valence-electron chi connectivity index (χ4n) is 1.77. The van der Waals surface area contributed by atoms with Gasteiger partial charge in [0.25, 0.3) is 5.92 Å². The predicted molar refractivity (Wildman–Crippen MR) is 61.6 cm³/mol. The SMILES string of the molecule is Cc1ccc(CC(F)(F)CC(=O)O)c(C)c1C. The molecule has 0 saturated carbocycles. The molecule has 1 N–H and O–H groups in total. The molecule has 0 aromatic heterocycles. The number of hydrogen-bond acceptors (Lipinski definition) is 1. The van der Waals surface area contributed by atoms with Gasteiger partial charge in [-0.05, 0) is 43.0 Å². The third-order valence-corrected chi connectivity index (χ3v) is 3.03. The van der Waals surface area contributed by atoms with Crippen molar-refractivity contribution in [3.8, 4) is 0 Å². The van der Waals surface area contributed by atoms with Crippen LogP contribution in [0.25, 0.3) is 0 Å². The Labute approximate surface area is 99.3 Å². The van der Waals surface area contributed by atoms with E-state index < -0.39 is 24.7 Å². The lowest BCUT2D eigenvalue weighted by molar-refractivity contribution is -0.144. The van der Waals surface area contributed by atoms with Gasteiger partial charge in [0.15, 0.2) is 0 Å². The first-order chi connectivity index (χ1) is 7.73. The summed E-state index contributed by atoms with van der Waals surface area (Å²) in [6.07, 6.45) is -1.65. The van der Waals surface area contributed by atoms with Crippen molar-refractivity contribution in [2.24, 2.45) is 0 Å². The van der Waals surface area contributed by atoms with Crippen molar-refractivity contribution in [3.05, 3.63) is 34.4 Å². The Kier molecular flexibility index (Phi) is 3.86. The van der Waals surface area contributed by atoms with E-state index in [4.69, 9.17) is 5.11 Å². The fraction of sp³-hybridized carbons (Fsp3) is 0.462. The molecule has 0 unspecified atom stereocenters. The Hall–Kier alpha value is -1.45. The van der Waals surface area contributed by atoms with E-state index in [1.54, 1.807) is 19.1 Å². The first-order valence-electron chi connectivity index (χ1n) is 5.38. The van der Waals surface area contributed by atoms with Crippen molar-refractivity contribution in [3.63, 3.8) is 0 Å². The summed E-state index contributed by atoms with van der Waals surface area (Å²) in [4.78, 5) is 10.3. The summed E-state index contributed by atoms with van der Waals surface area (Å²) in [6, 6.07) is 3.43. The van der Waals surface area contributed by atoms with Crippen LogP contribution in [-0.4, -0.2) is 17.0 Å². The molecule has 0 aliphatic carbocycles. The Bertz CT molecular complexity index is 439. The Morgan fingerprint density at radius 2 is 1.82 bits per heavy atom. The summed E-state index contributed by atoms with van der Waals surface area (Å²) in [5.41, 5.74) is 3.36. The molecule has 4 heteroatoms. The van der Waals surface area contributed by atoms with Crippen LogP contribution in [0.1, 0.15) is 28.7 Å². The van der Waals surface area contributed by atoms with Gasteiger partial charge in [0.2, 0.25) is 0 Å². The molecule has 0 bridgehead atoms. The monoisotopic (exact) mass is 242 g/mol. The zero-order valence-electron chi connectivity index (χ0n) is 10.2. The molecule has 0 radical (unpaired) electrons. The molecule has 0 aliphatic heterocycles. The zero-order chi connectivity index (χ0) is 13.2. The average Bonchev–Trinajstić information content (AvgIpc) is 2.17. The molecular formula is C13H16F2O2. The molecule has 17 heavy (non-hydrogen) atoms. The topological polar surface area (TPSA) is 37.3 Å². The fourth-order valence-corrected chi connectivity index (χ4v) is 1.77. The van der Waals surface area contributed by atoms with Gasteiger partial charge in [-0.15, -0.1) is 0 Å². The number of hydrogen-bond donors (Lipinski definition) is 1. The van der Waals surface area contributed by atoms with Gasteiger partial charge in [0, 0.05) is 6.42 Å². The maximum absolute atomic E-state index is 13.4. The smallest absolute Gasteiger partial charge is 0.309 e. The van der Waals surface area contributed by atoms with Crippen molar-refractivity contribution in [1.82, 2.24) is 0 Å². The number of carboxylic acids is 1. The number of carbonyl (C=O) groups is 1. The number of aliphatic carboxylic acids is 1. The normalized spacial score (nSPS) is 11.6. The van der Waals surface area contributed by atoms with E-state index in [1.807, 2.05) is 13.8 Å². The average molecular weight is 242 g/mol. The summed E-state index contributed by atoms with van der Waals surface area (Å²) in [5.74, 6) is -4.67. The maximum Gasteiger partial charge on any atom is 0.309 e. The predicted octanol–water partition coefficient (Wildman–Crippen LogP) is 3.26. The van der Waals surface area contributed by atoms with Gasteiger partial charge in [-0.3, -0.25) is 4.79 Å². The highest BCUT2D eigenvalue weighted by Crippen LogP contribution is 2.27. The number of rotatable bonds is 4. The minimum atomic E-state index is -3.20. The minimum Gasteiger partial charge on any atom is -0.481 e. The first-order valence-corrected chi connectivity index (χ1v) is 5.38. The summed E-state index contributed by atoms with van der Waals surface area (Å²) >= 11 is 0. The van der Waals surface area contributed by atoms with Crippen molar-refractivity contribution < 1.29 is 18.7 Å². The molecule has 1 aromatic rings. The molecule has 2 nitrogen and oxygen atoms in total. The second kappa shape index (κ2) is 4.82. The van der Waals surface area contributed by atoms with Gasteiger partial charge in [-0.1, -0.05) is 12.1 Å². The van der Waals surface area contributed by atoms with E-state index in [9.17, 15) is 13.6 Å². The lowest BCUT2D eigenvalue weighted by atomic mass is 9.94. The van der Waals surface area contributed by atoms with E-state index in [-0.39, 0.29) is 0 Å². The number of halogens is 2. The third-order valence-electron chi connectivity index (χ3n) is 3.03. The number of carboxylic acid groups (broad SMARTS) is 1. The van der Waals surface area contributed by atoms with Crippen molar-refractivity contribution in [1.29, 1.82) is 0 Å². The van der Waals surface area contributed by atoms with Crippen molar-refractivity contribution in [2.45, 2.75) is 39.5 Å².